The van der Waals surface area contributed by atoms with Crippen LogP contribution in [0.3, 0.4) is 0 Å². The van der Waals surface area contributed by atoms with Crippen LogP contribution in [0.4, 0.5) is 5.69 Å². The van der Waals surface area contributed by atoms with Gasteiger partial charge in [0, 0.05) is 31.0 Å². The maximum absolute atomic E-state index is 13.1. The number of esters is 1. The van der Waals surface area contributed by atoms with E-state index >= 15 is 0 Å². The number of fused-ring (bicyclic) bond motifs is 1. The SMILES string of the molecule is CC1=C(C(=O)OC(C)C)C(c2ccc([N+](=O)[O-])cc2)N2C(CC(=O)NCC3CCCO3)=CSC2=N1. The minimum atomic E-state index is -0.637. The van der Waals surface area contributed by atoms with Crippen LogP contribution in [0.15, 0.2) is 51.6 Å². The van der Waals surface area contributed by atoms with Gasteiger partial charge in [0.1, 0.15) is 0 Å². The molecule has 3 aliphatic rings. The fourth-order valence-electron chi connectivity index (χ4n) is 4.26. The highest BCUT2D eigenvalue weighted by atomic mass is 32.2. The van der Waals surface area contributed by atoms with E-state index in [-0.39, 0.29) is 30.2 Å². The van der Waals surface area contributed by atoms with Crippen molar-refractivity contribution in [3.8, 4) is 0 Å². The Kier molecular flexibility index (Phi) is 7.56. The molecule has 1 aromatic rings. The number of nitro groups is 1. The first-order valence-electron chi connectivity index (χ1n) is 11.5. The van der Waals surface area contributed by atoms with E-state index in [0.29, 0.717) is 40.8 Å². The number of nitrogens with one attached hydrogen (secondary N) is 1. The zero-order chi connectivity index (χ0) is 25.1. The average Bonchev–Trinajstić information content (AvgIpc) is 3.46. The summed E-state index contributed by atoms with van der Waals surface area (Å²) in [5, 5.41) is 16.6. The molecule has 1 N–H and O–H groups in total. The molecule has 35 heavy (non-hydrogen) atoms. The molecule has 0 saturated carbocycles. The third-order valence-corrected chi connectivity index (χ3v) is 6.76. The molecule has 3 heterocycles. The first-order valence-corrected chi connectivity index (χ1v) is 12.4. The molecule has 0 bridgehead atoms. The van der Waals surface area contributed by atoms with Crippen LogP contribution in [0.5, 0.6) is 0 Å². The normalized spacial score (nSPS) is 21.5. The summed E-state index contributed by atoms with van der Waals surface area (Å²) in [6.45, 7) is 6.44. The smallest absolute Gasteiger partial charge is 0.338 e. The lowest BCUT2D eigenvalue weighted by Crippen LogP contribution is -2.39. The summed E-state index contributed by atoms with van der Waals surface area (Å²) < 4.78 is 11.1. The van der Waals surface area contributed by atoms with Crippen molar-refractivity contribution < 1.29 is 24.0 Å². The molecule has 2 atom stereocenters. The first kappa shape index (κ1) is 24.9. The summed E-state index contributed by atoms with van der Waals surface area (Å²) in [5.74, 6) is -0.670. The minimum Gasteiger partial charge on any atom is -0.459 e. The van der Waals surface area contributed by atoms with Gasteiger partial charge in [0.25, 0.3) is 5.69 Å². The topological polar surface area (TPSA) is 123 Å². The summed E-state index contributed by atoms with van der Waals surface area (Å²) in [4.78, 5) is 43.1. The molecule has 0 radical (unpaired) electrons. The minimum absolute atomic E-state index is 0.0360. The fraction of sp³-hybridized carbons (Fsp3) is 0.458. The number of hydrogen-bond donors (Lipinski definition) is 1. The van der Waals surface area contributed by atoms with E-state index in [9.17, 15) is 19.7 Å². The number of benzene rings is 1. The summed E-state index contributed by atoms with van der Waals surface area (Å²) >= 11 is 1.37. The van der Waals surface area contributed by atoms with Gasteiger partial charge in [-0.15, -0.1) is 0 Å². The summed E-state index contributed by atoms with van der Waals surface area (Å²) in [7, 11) is 0. The number of aliphatic imine (C=N–C) groups is 1. The molecule has 0 spiro atoms. The van der Waals surface area contributed by atoms with Gasteiger partial charge in [-0.2, -0.15) is 0 Å². The number of hydrogen-bond acceptors (Lipinski definition) is 9. The average molecular weight is 501 g/mol. The Morgan fingerprint density at radius 1 is 1.34 bits per heavy atom. The van der Waals surface area contributed by atoms with E-state index in [0.717, 1.165) is 12.8 Å². The number of amides is 1. The van der Waals surface area contributed by atoms with Crippen LogP contribution in [0.2, 0.25) is 0 Å². The molecule has 186 valence electrons. The van der Waals surface area contributed by atoms with E-state index in [1.165, 1.54) is 23.9 Å². The highest BCUT2D eigenvalue weighted by Gasteiger charge is 2.41. The number of ether oxygens (including phenoxy) is 2. The maximum atomic E-state index is 13.1. The molecule has 4 rings (SSSR count). The number of non-ortho nitro benzene ring substituents is 1. The molecule has 1 saturated heterocycles. The van der Waals surface area contributed by atoms with Crippen molar-refractivity contribution in [2.45, 2.75) is 58.3 Å². The Balaban J connectivity index is 1.63. The second-order valence-corrected chi connectivity index (χ2v) is 9.65. The maximum Gasteiger partial charge on any atom is 0.338 e. The van der Waals surface area contributed by atoms with Crippen molar-refractivity contribution in [2.75, 3.05) is 13.2 Å². The Morgan fingerprint density at radius 3 is 2.71 bits per heavy atom. The fourth-order valence-corrected chi connectivity index (χ4v) is 5.23. The highest BCUT2D eigenvalue weighted by molar-refractivity contribution is 8.16. The molecule has 1 fully saturated rings. The molecule has 3 aliphatic heterocycles. The summed E-state index contributed by atoms with van der Waals surface area (Å²) in [6.07, 6.45) is 1.71. The molecule has 1 aromatic carbocycles. The zero-order valence-electron chi connectivity index (χ0n) is 19.9. The first-order chi connectivity index (χ1) is 16.7. The lowest BCUT2D eigenvalue weighted by molar-refractivity contribution is -0.384. The second-order valence-electron chi connectivity index (χ2n) is 8.81. The van der Waals surface area contributed by atoms with E-state index in [1.807, 2.05) is 10.3 Å². The monoisotopic (exact) mass is 500 g/mol. The van der Waals surface area contributed by atoms with E-state index in [4.69, 9.17) is 9.47 Å². The van der Waals surface area contributed by atoms with E-state index < -0.39 is 16.9 Å². The lowest BCUT2D eigenvalue weighted by atomic mass is 9.93. The van der Waals surface area contributed by atoms with Crippen molar-refractivity contribution in [3.63, 3.8) is 0 Å². The quantitative estimate of drug-likeness (QED) is 0.325. The van der Waals surface area contributed by atoms with Crippen LogP contribution in [0.1, 0.15) is 51.6 Å². The van der Waals surface area contributed by atoms with Gasteiger partial charge in [0.2, 0.25) is 5.91 Å². The molecular formula is C24H28N4O6S. The Hall–Kier alpha value is -3.18. The number of thioether (sulfide) groups is 1. The van der Waals surface area contributed by atoms with Crippen LogP contribution >= 0.6 is 11.8 Å². The molecule has 1 amide bonds. The summed E-state index contributed by atoms with van der Waals surface area (Å²) in [5.41, 5.74) is 2.14. The van der Waals surface area contributed by atoms with Crippen LogP contribution in [0.25, 0.3) is 0 Å². The Morgan fingerprint density at radius 2 is 2.09 bits per heavy atom. The van der Waals surface area contributed by atoms with Crippen LogP contribution in [0, 0.1) is 10.1 Å². The Labute approximate surface area is 207 Å². The number of carbonyl (C=O) groups is 2. The van der Waals surface area contributed by atoms with Gasteiger partial charge in [0.15, 0.2) is 5.17 Å². The van der Waals surface area contributed by atoms with Crippen molar-refractivity contribution in [2.24, 2.45) is 4.99 Å². The third-order valence-electron chi connectivity index (χ3n) is 5.88. The predicted octanol–water partition coefficient (Wildman–Crippen LogP) is 3.81. The molecule has 0 aromatic heterocycles. The van der Waals surface area contributed by atoms with Crippen LogP contribution in [-0.2, 0) is 19.1 Å². The number of nitro benzene ring substituents is 1. The summed E-state index contributed by atoms with van der Waals surface area (Å²) in [6, 6.07) is 5.42. The standard InChI is InChI=1S/C24H28N4O6S/c1-14(2)34-23(30)21-15(3)26-24-27(22(21)16-6-8-17(9-7-16)28(31)32)18(13-35-24)11-20(29)25-12-19-5-4-10-33-19/h6-9,13-14,19,22H,4-5,10-12H2,1-3H3,(H,25,29). The van der Waals surface area contributed by atoms with Crippen LogP contribution in [-0.4, -0.2) is 52.2 Å². The molecule has 11 heteroatoms. The van der Waals surface area contributed by atoms with Crippen LogP contribution < -0.4 is 5.32 Å². The molecule has 2 unspecified atom stereocenters. The third kappa shape index (κ3) is 5.57. The van der Waals surface area contributed by atoms with Gasteiger partial charge in [-0.25, -0.2) is 9.79 Å². The van der Waals surface area contributed by atoms with E-state index in [1.54, 1.807) is 32.9 Å². The largest absolute Gasteiger partial charge is 0.459 e. The molecule has 10 nitrogen and oxygen atoms in total. The molecular weight excluding hydrogens is 472 g/mol. The van der Waals surface area contributed by atoms with E-state index in [2.05, 4.69) is 10.3 Å². The van der Waals surface area contributed by atoms with Gasteiger partial charge in [-0.05, 0) is 56.7 Å². The van der Waals surface area contributed by atoms with Crippen molar-refractivity contribution in [1.82, 2.24) is 10.2 Å². The number of amidine groups is 1. The lowest BCUT2D eigenvalue weighted by Gasteiger charge is -2.36. The van der Waals surface area contributed by atoms with Gasteiger partial charge in [0.05, 0.1) is 40.9 Å². The van der Waals surface area contributed by atoms with Gasteiger partial charge < -0.3 is 19.7 Å². The van der Waals surface area contributed by atoms with Crippen molar-refractivity contribution in [1.29, 1.82) is 0 Å². The number of carbonyl (C=O) groups excluding carboxylic acids is 2. The van der Waals surface area contributed by atoms with Gasteiger partial charge in [-0.1, -0.05) is 11.8 Å². The number of nitrogens with zero attached hydrogens (tertiary/aromatic N) is 3. The van der Waals surface area contributed by atoms with Gasteiger partial charge >= 0.3 is 5.97 Å². The van der Waals surface area contributed by atoms with Crippen molar-refractivity contribution in [3.05, 3.63) is 62.3 Å². The zero-order valence-corrected chi connectivity index (χ0v) is 20.7. The number of allylic oxidation sites excluding steroid dienone is 1. The molecule has 0 aliphatic carbocycles. The second kappa shape index (κ2) is 10.6. The predicted molar refractivity (Wildman–Crippen MR) is 131 cm³/mol. The number of rotatable bonds is 8. The van der Waals surface area contributed by atoms with Crippen molar-refractivity contribution >= 4 is 34.5 Å². The highest BCUT2D eigenvalue weighted by Crippen LogP contribution is 2.45. The Bertz CT molecular complexity index is 1110. The van der Waals surface area contributed by atoms with Gasteiger partial charge in [-0.3, -0.25) is 14.9 Å².